The van der Waals surface area contributed by atoms with Crippen molar-refractivity contribution in [2.24, 2.45) is 0 Å². The molecule has 1 aromatic heterocycles. The van der Waals surface area contributed by atoms with E-state index < -0.39 is 17.4 Å². The maximum absolute atomic E-state index is 12.3. The maximum Gasteiger partial charge on any atom is 0.290 e. The van der Waals surface area contributed by atoms with E-state index in [4.69, 9.17) is 4.74 Å². The molecule has 8 heteroatoms. The van der Waals surface area contributed by atoms with Gasteiger partial charge in [0.1, 0.15) is 5.75 Å². The van der Waals surface area contributed by atoms with E-state index in [9.17, 15) is 14.4 Å². The van der Waals surface area contributed by atoms with Gasteiger partial charge in [0.05, 0.1) is 5.39 Å². The van der Waals surface area contributed by atoms with Crippen LogP contribution in [0, 0.1) is 6.92 Å². The average molecular weight is 394 g/mol. The number of nitrogens with zero attached hydrogens (tertiary/aromatic N) is 1. The second-order valence-electron chi connectivity index (χ2n) is 6.91. The summed E-state index contributed by atoms with van der Waals surface area (Å²) < 4.78 is 5.48. The Morgan fingerprint density at radius 2 is 1.83 bits per heavy atom. The standard InChI is InChI=1S/C21H22N4O4/c1-12(2)15-9-8-14(10-13(15)3)29-11-18(26)22-25-21(28)19-16-6-4-5-7-17(16)20(27)24-23-19/h4-10,12H,11H2,1-3H3,(H,22,26)(H,24,27)(H,25,28). The van der Waals surface area contributed by atoms with Gasteiger partial charge in [-0.2, -0.15) is 5.10 Å². The largest absolute Gasteiger partial charge is 0.484 e. The Bertz CT molecular complexity index is 1120. The monoisotopic (exact) mass is 394 g/mol. The lowest BCUT2D eigenvalue weighted by molar-refractivity contribution is -0.123. The van der Waals surface area contributed by atoms with Gasteiger partial charge in [-0.25, -0.2) is 5.10 Å². The number of amides is 2. The highest BCUT2D eigenvalue weighted by Crippen LogP contribution is 2.23. The SMILES string of the molecule is Cc1cc(OCC(=O)NNC(=O)c2n[nH]c(=O)c3ccccc23)ccc1C(C)C. The number of hydrogen-bond donors (Lipinski definition) is 3. The van der Waals surface area contributed by atoms with Gasteiger partial charge in [0.2, 0.25) is 0 Å². The van der Waals surface area contributed by atoms with Crippen LogP contribution in [0.2, 0.25) is 0 Å². The Balaban J connectivity index is 1.59. The molecular formula is C21H22N4O4. The van der Waals surface area contributed by atoms with Gasteiger partial charge in [-0.1, -0.05) is 38.1 Å². The normalized spacial score (nSPS) is 10.8. The molecule has 0 saturated carbocycles. The summed E-state index contributed by atoms with van der Waals surface area (Å²) in [7, 11) is 0. The van der Waals surface area contributed by atoms with Gasteiger partial charge in [0.25, 0.3) is 17.4 Å². The zero-order chi connectivity index (χ0) is 21.0. The molecule has 8 nitrogen and oxygen atoms in total. The molecular weight excluding hydrogens is 372 g/mol. The van der Waals surface area contributed by atoms with Crippen LogP contribution in [-0.2, 0) is 4.79 Å². The van der Waals surface area contributed by atoms with Gasteiger partial charge in [-0.15, -0.1) is 0 Å². The van der Waals surface area contributed by atoms with Crippen molar-refractivity contribution in [3.8, 4) is 5.75 Å². The maximum atomic E-state index is 12.3. The van der Waals surface area contributed by atoms with E-state index in [0.29, 0.717) is 22.4 Å². The fourth-order valence-electron chi connectivity index (χ4n) is 3.04. The molecule has 0 aliphatic heterocycles. The number of carbonyl (C=O) groups excluding carboxylic acids is 2. The summed E-state index contributed by atoms with van der Waals surface area (Å²) in [6.07, 6.45) is 0. The highest BCUT2D eigenvalue weighted by Gasteiger charge is 2.15. The topological polar surface area (TPSA) is 113 Å². The molecule has 29 heavy (non-hydrogen) atoms. The number of aromatic nitrogens is 2. The molecule has 0 atom stereocenters. The number of hydrazine groups is 1. The van der Waals surface area contributed by atoms with Crippen molar-refractivity contribution in [2.45, 2.75) is 26.7 Å². The van der Waals surface area contributed by atoms with Crippen molar-refractivity contribution in [3.63, 3.8) is 0 Å². The van der Waals surface area contributed by atoms with Crippen LogP contribution in [0.15, 0.2) is 47.3 Å². The molecule has 0 aliphatic carbocycles. The van der Waals surface area contributed by atoms with E-state index in [0.717, 1.165) is 5.56 Å². The molecule has 0 unspecified atom stereocenters. The Morgan fingerprint density at radius 3 is 2.52 bits per heavy atom. The van der Waals surface area contributed by atoms with Crippen LogP contribution in [0.25, 0.3) is 10.8 Å². The number of H-pyrrole nitrogens is 1. The molecule has 3 rings (SSSR count). The van der Waals surface area contributed by atoms with Crippen molar-refractivity contribution >= 4 is 22.6 Å². The lowest BCUT2D eigenvalue weighted by atomic mass is 9.98. The second-order valence-corrected chi connectivity index (χ2v) is 6.91. The lowest BCUT2D eigenvalue weighted by Gasteiger charge is -2.13. The van der Waals surface area contributed by atoms with Crippen molar-refractivity contribution in [1.82, 2.24) is 21.0 Å². The van der Waals surface area contributed by atoms with Crippen LogP contribution in [0.4, 0.5) is 0 Å². The summed E-state index contributed by atoms with van der Waals surface area (Å²) in [5, 5.41) is 6.77. The van der Waals surface area contributed by atoms with Crippen LogP contribution < -0.4 is 21.1 Å². The Morgan fingerprint density at radius 1 is 1.10 bits per heavy atom. The molecule has 2 amide bonds. The fourth-order valence-corrected chi connectivity index (χ4v) is 3.04. The number of hydrogen-bond acceptors (Lipinski definition) is 5. The van der Waals surface area contributed by atoms with Crippen LogP contribution >= 0.6 is 0 Å². The minimum Gasteiger partial charge on any atom is -0.484 e. The van der Waals surface area contributed by atoms with Crippen LogP contribution in [0.3, 0.4) is 0 Å². The van der Waals surface area contributed by atoms with Crippen molar-refractivity contribution in [2.75, 3.05) is 6.61 Å². The van der Waals surface area contributed by atoms with Gasteiger partial charge in [-0.3, -0.25) is 25.2 Å². The number of ether oxygens (including phenoxy) is 1. The Hall–Kier alpha value is -3.68. The smallest absolute Gasteiger partial charge is 0.290 e. The Kier molecular flexibility index (Phi) is 5.92. The van der Waals surface area contributed by atoms with E-state index in [2.05, 4.69) is 34.9 Å². The first-order valence-corrected chi connectivity index (χ1v) is 9.16. The van der Waals surface area contributed by atoms with E-state index in [1.54, 1.807) is 24.3 Å². The molecule has 3 N–H and O–H groups in total. The van der Waals surface area contributed by atoms with Gasteiger partial charge < -0.3 is 4.74 Å². The molecule has 0 aliphatic rings. The zero-order valence-corrected chi connectivity index (χ0v) is 16.4. The molecule has 150 valence electrons. The molecule has 0 fully saturated rings. The van der Waals surface area contributed by atoms with Gasteiger partial charge >= 0.3 is 0 Å². The Labute approximate surface area is 167 Å². The fraction of sp³-hybridized carbons (Fsp3) is 0.238. The molecule has 0 spiro atoms. The van der Waals surface area contributed by atoms with Gasteiger partial charge in [0.15, 0.2) is 12.3 Å². The summed E-state index contributed by atoms with van der Waals surface area (Å²) in [6, 6.07) is 12.2. The molecule has 1 heterocycles. The minimum absolute atomic E-state index is 0.00122. The first-order chi connectivity index (χ1) is 13.9. The first kappa shape index (κ1) is 20.1. The van der Waals surface area contributed by atoms with E-state index in [1.807, 2.05) is 25.1 Å². The molecule has 0 saturated heterocycles. The number of nitrogens with one attached hydrogen (secondary N) is 3. The molecule has 0 radical (unpaired) electrons. The van der Waals surface area contributed by atoms with Crippen LogP contribution in [0.1, 0.15) is 41.4 Å². The quantitative estimate of drug-likeness (QED) is 0.574. The molecule has 3 aromatic rings. The number of fused-ring (bicyclic) bond motifs is 1. The third-order valence-electron chi connectivity index (χ3n) is 4.46. The number of aromatic amines is 1. The number of aryl methyl sites for hydroxylation is 1. The zero-order valence-electron chi connectivity index (χ0n) is 16.4. The van der Waals surface area contributed by atoms with E-state index >= 15 is 0 Å². The summed E-state index contributed by atoms with van der Waals surface area (Å²) in [4.78, 5) is 36.1. The number of carbonyl (C=O) groups is 2. The van der Waals surface area contributed by atoms with E-state index in [-0.39, 0.29) is 12.3 Å². The lowest BCUT2D eigenvalue weighted by Crippen LogP contribution is -2.44. The van der Waals surface area contributed by atoms with Crippen LogP contribution in [0.5, 0.6) is 5.75 Å². The van der Waals surface area contributed by atoms with Crippen molar-refractivity contribution in [3.05, 3.63) is 69.6 Å². The van der Waals surface area contributed by atoms with Crippen LogP contribution in [-0.4, -0.2) is 28.6 Å². The molecule has 0 bridgehead atoms. The predicted octanol–water partition coefficient (Wildman–Crippen LogP) is 2.19. The number of benzene rings is 2. The second kappa shape index (κ2) is 8.55. The molecule has 2 aromatic carbocycles. The summed E-state index contributed by atoms with van der Waals surface area (Å²) in [5.74, 6) is -0.206. The van der Waals surface area contributed by atoms with Gasteiger partial charge in [-0.05, 0) is 42.2 Å². The van der Waals surface area contributed by atoms with Crippen molar-refractivity contribution in [1.29, 1.82) is 0 Å². The van der Waals surface area contributed by atoms with E-state index in [1.165, 1.54) is 5.56 Å². The summed E-state index contributed by atoms with van der Waals surface area (Å²) >= 11 is 0. The highest BCUT2D eigenvalue weighted by molar-refractivity contribution is 6.05. The third kappa shape index (κ3) is 4.60. The average Bonchev–Trinajstić information content (AvgIpc) is 2.70. The summed E-state index contributed by atoms with van der Waals surface area (Å²) in [6.45, 7) is 5.95. The first-order valence-electron chi connectivity index (χ1n) is 9.16. The number of rotatable bonds is 5. The predicted molar refractivity (Wildman–Crippen MR) is 109 cm³/mol. The van der Waals surface area contributed by atoms with Crippen molar-refractivity contribution < 1.29 is 14.3 Å². The third-order valence-corrected chi connectivity index (χ3v) is 4.46. The van der Waals surface area contributed by atoms with Gasteiger partial charge in [0, 0.05) is 5.39 Å². The highest BCUT2D eigenvalue weighted by atomic mass is 16.5. The minimum atomic E-state index is -0.650. The summed E-state index contributed by atoms with van der Waals surface area (Å²) in [5.41, 5.74) is 6.47.